The molecule has 23 heavy (non-hydrogen) atoms. The first-order valence-electron chi connectivity index (χ1n) is 8.19. The van der Waals surface area contributed by atoms with Gasteiger partial charge in [0.1, 0.15) is 5.75 Å². The fraction of sp³-hybridized carbons (Fsp3) is 0.500. The third-order valence-corrected chi connectivity index (χ3v) is 4.69. The van der Waals surface area contributed by atoms with Crippen LogP contribution in [0.4, 0.5) is 0 Å². The van der Waals surface area contributed by atoms with Crippen LogP contribution in [0.3, 0.4) is 0 Å². The molecule has 5 nitrogen and oxygen atoms in total. The molecule has 1 aromatic rings. The lowest BCUT2D eigenvalue weighted by atomic mass is 9.81. The highest BCUT2D eigenvalue weighted by Gasteiger charge is 2.47. The van der Waals surface area contributed by atoms with Gasteiger partial charge in [-0.15, -0.1) is 0 Å². The van der Waals surface area contributed by atoms with E-state index in [2.05, 4.69) is 0 Å². The van der Waals surface area contributed by atoms with Crippen LogP contribution in [0.15, 0.2) is 24.3 Å². The molecule has 5 heteroatoms. The molecule has 1 saturated carbocycles. The first-order chi connectivity index (χ1) is 11.1. The summed E-state index contributed by atoms with van der Waals surface area (Å²) < 4.78 is 5.26. The van der Waals surface area contributed by atoms with Crippen LogP contribution < -0.4 is 4.74 Å². The third-order valence-electron chi connectivity index (χ3n) is 4.69. The first kappa shape index (κ1) is 15.7. The van der Waals surface area contributed by atoms with Crippen LogP contribution in [-0.2, 0) is 14.4 Å². The minimum Gasteiger partial charge on any atom is -0.426 e. The summed E-state index contributed by atoms with van der Waals surface area (Å²) in [6, 6.07) is 7.22. The van der Waals surface area contributed by atoms with Gasteiger partial charge >= 0.3 is 5.97 Å². The van der Waals surface area contributed by atoms with Crippen molar-refractivity contribution in [3.8, 4) is 5.75 Å². The number of carbonyl (C=O) groups excluding carboxylic acids is 3. The molecule has 1 heterocycles. The zero-order valence-corrected chi connectivity index (χ0v) is 13.3. The monoisotopic (exact) mass is 315 g/mol. The maximum atomic E-state index is 12.3. The number of carbonyl (C=O) groups is 3. The third kappa shape index (κ3) is 3.28. The minimum atomic E-state index is -0.425. The largest absolute Gasteiger partial charge is 0.426 e. The van der Waals surface area contributed by atoms with Crippen molar-refractivity contribution in [1.29, 1.82) is 0 Å². The van der Waals surface area contributed by atoms with Gasteiger partial charge in [-0.3, -0.25) is 19.3 Å². The summed E-state index contributed by atoms with van der Waals surface area (Å²) in [5.41, 5.74) is 1.00. The standard InChI is InChI=1S/C18H21NO4/c1-12-5-4-6-13(11-12)23-16(20)9-10-19-17(21)14-7-2-3-8-15(14)18(19)22/h4-6,11,14-15H,2-3,7-10H2,1H3/t14-,15-/m1/s1. The van der Waals surface area contributed by atoms with Gasteiger partial charge in [-0.05, 0) is 37.5 Å². The van der Waals surface area contributed by atoms with Gasteiger partial charge in [0.25, 0.3) is 0 Å². The molecule has 2 amide bonds. The second kappa shape index (κ2) is 6.52. The van der Waals surface area contributed by atoms with Crippen molar-refractivity contribution in [2.45, 2.75) is 39.0 Å². The molecule has 2 atom stereocenters. The minimum absolute atomic E-state index is 0.0326. The summed E-state index contributed by atoms with van der Waals surface area (Å²) in [7, 11) is 0. The van der Waals surface area contributed by atoms with Crippen molar-refractivity contribution in [1.82, 2.24) is 4.90 Å². The number of nitrogens with zero attached hydrogens (tertiary/aromatic N) is 1. The van der Waals surface area contributed by atoms with Crippen LogP contribution in [-0.4, -0.2) is 29.2 Å². The fourth-order valence-electron chi connectivity index (χ4n) is 3.52. The Morgan fingerprint density at radius 2 is 1.83 bits per heavy atom. The highest BCUT2D eigenvalue weighted by molar-refractivity contribution is 6.05. The topological polar surface area (TPSA) is 63.7 Å². The molecule has 1 aliphatic heterocycles. The number of likely N-dealkylation sites (tertiary alicyclic amines) is 1. The van der Waals surface area contributed by atoms with Gasteiger partial charge in [0.2, 0.25) is 11.8 Å². The molecule has 1 aromatic carbocycles. The highest BCUT2D eigenvalue weighted by Crippen LogP contribution is 2.37. The molecule has 0 spiro atoms. The zero-order valence-electron chi connectivity index (χ0n) is 13.3. The Labute approximate surface area is 135 Å². The number of aryl methyl sites for hydroxylation is 1. The van der Waals surface area contributed by atoms with Crippen LogP contribution >= 0.6 is 0 Å². The van der Waals surface area contributed by atoms with Crippen LogP contribution in [0.2, 0.25) is 0 Å². The average Bonchev–Trinajstić information content (AvgIpc) is 2.77. The number of benzene rings is 1. The highest BCUT2D eigenvalue weighted by atomic mass is 16.5. The van der Waals surface area contributed by atoms with E-state index in [4.69, 9.17) is 4.74 Å². The second-order valence-electron chi connectivity index (χ2n) is 6.37. The van der Waals surface area contributed by atoms with Crippen molar-refractivity contribution in [3.05, 3.63) is 29.8 Å². The molecule has 2 fully saturated rings. The number of amides is 2. The quantitative estimate of drug-likeness (QED) is 0.486. The van der Waals surface area contributed by atoms with E-state index in [9.17, 15) is 14.4 Å². The molecule has 0 unspecified atom stereocenters. The van der Waals surface area contributed by atoms with E-state index >= 15 is 0 Å². The number of esters is 1. The van der Waals surface area contributed by atoms with E-state index < -0.39 is 5.97 Å². The van der Waals surface area contributed by atoms with E-state index in [-0.39, 0.29) is 36.6 Å². The molecule has 0 aromatic heterocycles. The van der Waals surface area contributed by atoms with Gasteiger partial charge in [-0.1, -0.05) is 25.0 Å². The molecule has 3 rings (SSSR count). The Kier molecular flexibility index (Phi) is 4.46. The normalized spacial score (nSPS) is 23.8. The second-order valence-corrected chi connectivity index (χ2v) is 6.37. The Morgan fingerprint density at radius 1 is 1.17 bits per heavy atom. The number of fused-ring (bicyclic) bond motifs is 1. The van der Waals surface area contributed by atoms with Crippen LogP contribution in [0.1, 0.15) is 37.7 Å². The Hall–Kier alpha value is -2.17. The zero-order chi connectivity index (χ0) is 16.4. The molecular formula is C18H21NO4. The van der Waals surface area contributed by atoms with Gasteiger partial charge in [0, 0.05) is 6.54 Å². The fourth-order valence-corrected chi connectivity index (χ4v) is 3.52. The van der Waals surface area contributed by atoms with Gasteiger partial charge in [0.05, 0.1) is 18.3 Å². The van der Waals surface area contributed by atoms with Gasteiger partial charge in [0.15, 0.2) is 0 Å². The van der Waals surface area contributed by atoms with E-state index in [0.29, 0.717) is 5.75 Å². The molecule has 0 N–H and O–H groups in total. The van der Waals surface area contributed by atoms with Crippen molar-refractivity contribution >= 4 is 17.8 Å². The smallest absolute Gasteiger partial charge is 0.312 e. The number of hydrogen-bond donors (Lipinski definition) is 0. The summed E-state index contributed by atoms with van der Waals surface area (Å²) in [6.07, 6.45) is 3.62. The first-order valence-corrected chi connectivity index (χ1v) is 8.19. The van der Waals surface area contributed by atoms with Gasteiger partial charge in [-0.25, -0.2) is 0 Å². The molecule has 0 radical (unpaired) electrons. The Morgan fingerprint density at radius 3 is 2.43 bits per heavy atom. The van der Waals surface area contributed by atoms with Gasteiger partial charge in [-0.2, -0.15) is 0 Å². The number of rotatable bonds is 4. The SMILES string of the molecule is Cc1cccc(OC(=O)CCN2C(=O)[C@@H]3CCCC[C@H]3C2=O)c1. The van der Waals surface area contributed by atoms with E-state index in [1.165, 1.54) is 4.90 Å². The Balaban J connectivity index is 1.56. The number of ether oxygens (including phenoxy) is 1. The van der Waals surface area contributed by atoms with E-state index in [1.807, 2.05) is 19.1 Å². The van der Waals surface area contributed by atoms with Crippen LogP contribution in [0.25, 0.3) is 0 Å². The van der Waals surface area contributed by atoms with Crippen molar-refractivity contribution in [3.63, 3.8) is 0 Å². The summed E-state index contributed by atoms with van der Waals surface area (Å²) in [4.78, 5) is 37.8. The maximum Gasteiger partial charge on any atom is 0.312 e. The van der Waals surface area contributed by atoms with Crippen molar-refractivity contribution < 1.29 is 19.1 Å². The van der Waals surface area contributed by atoms with Gasteiger partial charge < -0.3 is 4.74 Å². The lowest BCUT2D eigenvalue weighted by molar-refractivity contribution is -0.141. The molecule has 1 saturated heterocycles. The lowest BCUT2D eigenvalue weighted by Crippen LogP contribution is -2.33. The van der Waals surface area contributed by atoms with Crippen molar-refractivity contribution in [2.75, 3.05) is 6.54 Å². The van der Waals surface area contributed by atoms with Crippen LogP contribution in [0.5, 0.6) is 5.75 Å². The predicted octanol–water partition coefficient (Wildman–Crippen LogP) is 2.47. The number of imide groups is 1. The molecule has 122 valence electrons. The van der Waals surface area contributed by atoms with Crippen LogP contribution in [0, 0.1) is 18.8 Å². The molecular weight excluding hydrogens is 294 g/mol. The van der Waals surface area contributed by atoms with E-state index in [0.717, 1.165) is 31.2 Å². The molecule has 0 bridgehead atoms. The summed E-state index contributed by atoms with van der Waals surface area (Å²) in [5.74, 6) is -0.479. The predicted molar refractivity (Wildman–Crippen MR) is 83.6 cm³/mol. The molecule has 2 aliphatic rings. The van der Waals surface area contributed by atoms with E-state index in [1.54, 1.807) is 12.1 Å². The summed E-state index contributed by atoms with van der Waals surface area (Å²) >= 11 is 0. The number of hydrogen-bond acceptors (Lipinski definition) is 4. The Bertz CT molecular complexity index is 616. The van der Waals surface area contributed by atoms with Crippen molar-refractivity contribution in [2.24, 2.45) is 11.8 Å². The molecule has 1 aliphatic carbocycles. The lowest BCUT2D eigenvalue weighted by Gasteiger charge is -2.19. The summed E-state index contributed by atoms with van der Waals surface area (Å²) in [5, 5.41) is 0. The maximum absolute atomic E-state index is 12.3. The summed E-state index contributed by atoms with van der Waals surface area (Å²) in [6.45, 7) is 2.04. The average molecular weight is 315 g/mol.